The number of phenols is 4. The summed E-state index contributed by atoms with van der Waals surface area (Å²) >= 11 is 6.14. The molecule has 0 saturated carbocycles. The molecule has 0 fully saturated rings. The van der Waals surface area contributed by atoms with Crippen molar-refractivity contribution in [3.05, 3.63) is 57.6 Å². The summed E-state index contributed by atoms with van der Waals surface area (Å²) in [6.07, 6.45) is -0.347. The van der Waals surface area contributed by atoms with Crippen molar-refractivity contribution in [1.29, 1.82) is 0 Å². The maximum Gasteiger partial charge on any atom is 0.169 e. The summed E-state index contributed by atoms with van der Waals surface area (Å²) in [6.45, 7) is 3.05. The van der Waals surface area contributed by atoms with E-state index in [1.165, 1.54) is 19.1 Å². The van der Waals surface area contributed by atoms with Crippen molar-refractivity contribution < 1.29 is 40.2 Å². The van der Waals surface area contributed by atoms with Crippen LogP contribution in [0.2, 0.25) is 5.02 Å². The highest BCUT2D eigenvalue weighted by molar-refractivity contribution is 6.34. The lowest BCUT2D eigenvalue weighted by Crippen LogP contribution is -2.36. The number of hydrogen-bond acceptors (Lipinski definition) is 8. The molecule has 8 nitrogen and oxygen atoms in total. The Morgan fingerprint density at radius 3 is 2.00 bits per heavy atom. The van der Waals surface area contributed by atoms with Crippen LogP contribution in [0.15, 0.2) is 30.3 Å². The first-order chi connectivity index (χ1) is 18.2. The van der Waals surface area contributed by atoms with Crippen LogP contribution in [0.3, 0.4) is 0 Å². The van der Waals surface area contributed by atoms with Gasteiger partial charge in [-0.05, 0) is 59.5 Å². The van der Waals surface area contributed by atoms with Gasteiger partial charge in [-0.3, -0.25) is 9.59 Å². The van der Waals surface area contributed by atoms with Gasteiger partial charge in [-0.15, -0.1) is 0 Å². The third kappa shape index (κ3) is 3.66. The second-order valence-electron chi connectivity index (χ2n) is 11.3. The highest BCUT2D eigenvalue weighted by atomic mass is 35.5. The first kappa shape index (κ1) is 25.4. The van der Waals surface area contributed by atoms with Crippen molar-refractivity contribution >= 4 is 44.7 Å². The van der Waals surface area contributed by atoms with Gasteiger partial charge in [0.05, 0.1) is 38.1 Å². The number of Topliss-reactive ketones (excluding diaryl/α,β-unsaturated/α-hetero) is 2. The van der Waals surface area contributed by atoms with Crippen molar-refractivity contribution in [2.75, 3.05) is 0 Å². The molecule has 0 amide bonds. The predicted molar refractivity (Wildman–Crippen MR) is 145 cm³/mol. The predicted octanol–water partition coefficient (Wildman–Crippen LogP) is 4.90. The minimum Gasteiger partial charge on any atom is -0.507 e. The van der Waals surface area contributed by atoms with E-state index >= 15 is 0 Å². The van der Waals surface area contributed by atoms with Crippen LogP contribution in [0.1, 0.15) is 58.5 Å². The zero-order chi connectivity index (χ0) is 28.2. The van der Waals surface area contributed by atoms with E-state index in [2.05, 4.69) is 0 Å². The molecular weight excluding hydrogens is 524 g/mol. The van der Waals surface area contributed by atoms with Gasteiger partial charge < -0.3 is 30.6 Å². The fraction of sp³-hybridized carbons (Fsp3) is 0.267. The van der Waals surface area contributed by atoms with Gasteiger partial charge in [0.15, 0.2) is 11.6 Å². The number of rotatable bonds is 1. The average molecular weight is 549 g/mol. The molecule has 0 radical (unpaired) electrons. The number of carbonyl (C=O) groups is 2. The van der Waals surface area contributed by atoms with Crippen molar-refractivity contribution in [3.63, 3.8) is 0 Å². The maximum atomic E-state index is 13.2. The Hall–Kier alpha value is -3.85. The minimum atomic E-state index is -1.44. The third-order valence-corrected chi connectivity index (χ3v) is 8.15. The highest BCUT2D eigenvalue weighted by Gasteiger charge is 2.39. The molecule has 0 heterocycles. The normalized spacial score (nSPS) is 22.8. The van der Waals surface area contributed by atoms with E-state index in [4.69, 9.17) is 11.6 Å². The Labute approximate surface area is 227 Å². The van der Waals surface area contributed by atoms with Crippen LogP contribution in [-0.4, -0.2) is 53.4 Å². The van der Waals surface area contributed by atoms with Crippen molar-refractivity contribution in [3.8, 4) is 34.1 Å². The molecule has 0 spiro atoms. The summed E-state index contributed by atoms with van der Waals surface area (Å²) in [5, 5.41) is 66.7. The van der Waals surface area contributed by atoms with Gasteiger partial charge in [0.25, 0.3) is 0 Å². The zero-order valence-corrected chi connectivity index (χ0v) is 21.8. The van der Waals surface area contributed by atoms with E-state index in [9.17, 15) is 40.2 Å². The Bertz CT molecular complexity index is 1800. The Balaban J connectivity index is 1.74. The number of aliphatic hydroxyl groups is 2. The summed E-state index contributed by atoms with van der Waals surface area (Å²) in [7, 11) is 0. The lowest BCUT2D eigenvalue weighted by Gasteiger charge is -2.32. The van der Waals surface area contributed by atoms with Gasteiger partial charge in [0.2, 0.25) is 0 Å². The summed E-state index contributed by atoms with van der Waals surface area (Å²) in [6, 6.07) is 7.78. The number of ketones is 2. The summed E-state index contributed by atoms with van der Waals surface area (Å²) in [5.41, 5.74) is -1.61. The van der Waals surface area contributed by atoms with Gasteiger partial charge in [0, 0.05) is 31.2 Å². The molecule has 0 aromatic heterocycles. The molecule has 4 aromatic carbocycles. The van der Waals surface area contributed by atoms with E-state index in [0.29, 0.717) is 10.9 Å². The van der Waals surface area contributed by atoms with Gasteiger partial charge in [-0.2, -0.15) is 0 Å². The van der Waals surface area contributed by atoms with Crippen LogP contribution in [0.5, 0.6) is 23.0 Å². The summed E-state index contributed by atoms with van der Waals surface area (Å²) in [4.78, 5) is 26.0. The Morgan fingerprint density at radius 2 is 1.31 bits per heavy atom. The Morgan fingerprint density at radius 1 is 0.692 bits per heavy atom. The lowest BCUT2D eigenvalue weighted by molar-refractivity contribution is 0.0396. The van der Waals surface area contributed by atoms with E-state index in [1.807, 2.05) is 0 Å². The fourth-order valence-corrected chi connectivity index (χ4v) is 6.46. The van der Waals surface area contributed by atoms with E-state index < -0.39 is 40.0 Å². The first-order valence-corrected chi connectivity index (χ1v) is 12.8. The van der Waals surface area contributed by atoms with E-state index in [1.54, 1.807) is 25.1 Å². The van der Waals surface area contributed by atoms with Crippen molar-refractivity contribution in [1.82, 2.24) is 0 Å². The largest absolute Gasteiger partial charge is 0.507 e. The SMILES string of the molecule is C[C@]1(O)CC(=O)c2c(cc3ccc(-c4c5c(c(O)c6c(O)c(Cl)ccc46)C(=O)C[C@](C)(O)C5)c(O)c3c2O)C1. The molecule has 0 saturated heterocycles. The van der Waals surface area contributed by atoms with Crippen LogP contribution in [0.25, 0.3) is 32.7 Å². The van der Waals surface area contributed by atoms with E-state index in [0.717, 1.165) is 0 Å². The summed E-state index contributed by atoms with van der Waals surface area (Å²) in [5.74, 6) is -2.74. The number of halogens is 1. The van der Waals surface area contributed by atoms with Gasteiger partial charge in [-0.1, -0.05) is 23.7 Å². The Kier molecular flexibility index (Phi) is 5.27. The van der Waals surface area contributed by atoms with Crippen molar-refractivity contribution in [2.24, 2.45) is 0 Å². The van der Waals surface area contributed by atoms with Gasteiger partial charge >= 0.3 is 0 Å². The van der Waals surface area contributed by atoms with Gasteiger partial charge in [-0.25, -0.2) is 0 Å². The number of benzene rings is 4. The molecule has 0 aliphatic heterocycles. The number of aromatic hydroxyl groups is 4. The fourth-order valence-electron chi connectivity index (χ4n) is 6.30. The third-order valence-electron chi connectivity index (χ3n) is 7.85. The van der Waals surface area contributed by atoms with E-state index in [-0.39, 0.29) is 80.4 Å². The summed E-state index contributed by atoms with van der Waals surface area (Å²) < 4.78 is 0. The molecule has 2 atom stereocenters. The van der Waals surface area contributed by atoms with Crippen LogP contribution in [0.4, 0.5) is 0 Å². The molecule has 6 rings (SSSR count). The molecule has 9 heteroatoms. The lowest BCUT2D eigenvalue weighted by atomic mass is 9.75. The molecule has 39 heavy (non-hydrogen) atoms. The maximum absolute atomic E-state index is 13.2. The number of hydrogen-bond donors (Lipinski definition) is 6. The standard InChI is InChI=1S/C30H25ClO8/c1-29(38)8-13-7-12-3-4-15(25(34)21(12)27(36)20(13)18(32)10-29)22-14-5-6-17(31)26(35)24(14)28(37)23-16(22)9-30(2,39)11-19(23)33/h3-7,34-39H,8-11H2,1-2H3/t29-,30-/m1/s1. The van der Waals surface area contributed by atoms with Crippen LogP contribution in [0, 0.1) is 0 Å². The van der Waals surface area contributed by atoms with Crippen LogP contribution < -0.4 is 0 Å². The molecule has 0 bridgehead atoms. The second kappa shape index (κ2) is 8.08. The van der Waals surface area contributed by atoms with Gasteiger partial charge in [0.1, 0.15) is 23.0 Å². The minimum absolute atomic E-state index is 0.00296. The smallest absolute Gasteiger partial charge is 0.169 e. The molecule has 6 N–H and O–H groups in total. The first-order valence-electron chi connectivity index (χ1n) is 12.4. The highest BCUT2D eigenvalue weighted by Crippen LogP contribution is 2.53. The molecule has 2 aliphatic rings. The second-order valence-corrected chi connectivity index (χ2v) is 11.7. The number of phenolic OH excluding ortho intramolecular Hbond substituents is 4. The average Bonchev–Trinajstić information content (AvgIpc) is 2.80. The quantitative estimate of drug-likeness (QED) is 0.196. The van der Waals surface area contributed by atoms with Crippen molar-refractivity contribution in [2.45, 2.75) is 50.7 Å². The van der Waals surface area contributed by atoms with Crippen LogP contribution >= 0.6 is 11.6 Å². The molecule has 4 aromatic rings. The molecule has 200 valence electrons. The zero-order valence-electron chi connectivity index (χ0n) is 21.1. The molecular formula is C30H25ClO8. The topological polar surface area (TPSA) is 156 Å². The molecule has 0 unspecified atom stereocenters. The monoisotopic (exact) mass is 548 g/mol. The number of carbonyl (C=O) groups excluding carboxylic acids is 2. The molecule has 2 aliphatic carbocycles. The van der Waals surface area contributed by atoms with Crippen LogP contribution in [-0.2, 0) is 12.8 Å². The number of fused-ring (bicyclic) bond motifs is 4.